The van der Waals surface area contributed by atoms with E-state index < -0.39 is 0 Å². The first-order valence-corrected chi connectivity index (χ1v) is 8.10. The fourth-order valence-electron chi connectivity index (χ4n) is 6.45. The Morgan fingerprint density at radius 3 is 2.11 bits per heavy atom. The van der Waals surface area contributed by atoms with Crippen molar-refractivity contribution in [2.45, 2.75) is 77.7 Å². The molecule has 0 saturated heterocycles. The van der Waals surface area contributed by atoms with Crippen molar-refractivity contribution in [1.82, 2.24) is 4.90 Å². The molecular formula is C17H31N. The highest BCUT2D eigenvalue weighted by atomic mass is 15.2. The molecule has 0 heterocycles. The summed E-state index contributed by atoms with van der Waals surface area (Å²) in [6, 6.07) is 0. The normalized spacial score (nSPS) is 50.2. The van der Waals surface area contributed by atoms with E-state index >= 15 is 0 Å². The van der Waals surface area contributed by atoms with Crippen LogP contribution in [0, 0.1) is 16.7 Å². The fourth-order valence-corrected chi connectivity index (χ4v) is 6.45. The molecule has 4 bridgehead atoms. The number of nitrogens with zero attached hydrogens (tertiary/aromatic N) is 1. The van der Waals surface area contributed by atoms with Crippen LogP contribution >= 0.6 is 0 Å². The highest BCUT2D eigenvalue weighted by Crippen LogP contribution is 2.67. The standard InChI is InChI=1S/C17H31N/c1-5-6-7-18(4)17-10-14-8-15(2,12-17)11-16(3,9-14)13-17/h14H,5-13H2,1-4H3. The maximum Gasteiger partial charge on any atom is 0.0219 e. The number of rotatable bonds is 4. The molecule has 0 aromatic carbocycles. The Morgan fingerprint density at radius 2 is 1.61 bits per heavy atom. The molecule has 4 aliphatic rings. The molecule has 1 nitrogen and oxygen atoms in total. The van der Waals surface area contributed by atoms with Crippen molar-refractivity contribution in [2.75, 3.05) is 13.6 Å². The van der Waals surface area contributed by atoms with Crippen LogP contribution in [0.4, 0.5) is 0 Å². The Labute approximate surface area is 113 Å². The summed E-state index contributed by atoms with van der Waals surface area (Å²) in [6.45, 7) is 8.79. The van der Waals surface area contributed by atoms with Crippen molar-refractivity contribution in [3.63, 3.8) is 0 Å². The van der Waals surface area contributed by atoms with Crippen LogP contribution in [0.1, 0.15) is 72.1 Å². The van der Waals surface area contributed by atoms with Gasteiger partial charge in [0.15, 0.2) is 0 Å². The van der Waals surface area contributed by atoms with Gasteiger partial charge in [0, 0.05) is 5.54 Å². The number of hydrogen-bond acceptors (Lipinski definition) is 1. The van der Waals surface area contributed by atoms with Crippen molar-refractivity contribution in [3.05, 3.63) is 0 Å². The third-order valence-electron chi connectivity index (χ3n) is 6.25. The van der Waals surface area contributed by atoms with Crippen LogP contribution in [0.2, 0.25) is 0 Å². The molecule has 0 spiro atoms. The van der Waals surface area contributed by atoms with E-state index in [2.05, 4.69) is 32.7 Å². The van der Waals surface area contributed by atoms with Gasteiger partial charge in [-0.15, -0.1) is 0 Å². The lowest BCUT2D eigenvalue weighted by Gasteiger charge is -2.67. The van der Waals surface area contributed by atoms with Crippen molar-refractivity contribution in [3.8, 4) is 0 Å². The van der Waals surface area contributed by atoms with Crippen LogP contribution in [-0.4, -0.2) is 24.0 Å². The van der Waals surface area contributed by atoms with Crippen LogP contribution in [-0.2, 0) is 0 Å². The molecule has 0 amide bonds. The largest absolute Gasteiger partial charge is 0.301 e. The predicted molar refractivity (Wildman–Crippen MR) is 77.7 cm³/mol. The Balaban J connectivity index is 1.84. The molecule has 0 N–H and O–H groups in total. The topological polar surface area (TPSA) is 3.24 Å². The maximum absolute atomic E-state index is 2.76. The Hall–Kier alpha value is -0.0400. The Morgan fingerprint density at radius 1 is 1.00 bits per heavy atom. The molecular weight excluding hydrogens is 218 g/mol. The SMILES string of the molecule is CCCCN(C)C12CC3CC(C)(CC(C)(C3)C1)C2. The van der Waals surface area contributed by atoms with Gasteiger partial charge in [0.2, 0.25) is 0 Å². The zero-order valence-electron chi connectivity index (χ0n) is 12.9. The monoisotopic (exact) mass is 249 g/mol. The van der Waals surface area contributed by atoms with Gasteiger partial charge in [0.05, 0.1) is 0 Å². The molecule has 1 heteroatoms. The van der Waals surface area contributed by atoms with Crippen molar-refractivity contribution < 1.29 is 0 Å². The van der Waals surface area contributed by atoms with Crippen LogP contribution < -0.4 is 0 Å². The van der Waals surface area contributed by atoms with Gasteiger partial charge in [-0.2, -0.15) is 0 Å². The second-order valence-electron chi connectivity index (χ2n) is 8.63. The average molecular weight is 249 g/mol. The summed E-state index contributed by atoms with van der Waals surface area (Å²) in [5, 5.41) is 0. The first-order valence-electron chi connectivity index (χ1n) is 8.10. The zero-order chi connectivity index (χ0) is 13.0. The van der Waals surface area contributed by atoms with E-state index in [1.165, 1.54) is 57.9 Å². The van der Waals surface area contributed by atoms with Crippen LogP contribution in [0.25, 0.3) is 0 Å². The Kier molecular flexibility index (Phi) is 2.86. The summed E-state index contributed by atoms with van der Waals surface area (Å²) in [5.41, 5.74) is 1.89. The summed E-state index contributed by atoms with van der Waals surface area (Å²) >= 11 is 0. The van der Waals surface area contributed by atoms with E-state index in [0.29, 0.717) is 16.4 Å². The summed E-state index contributed by atoms with van der Waals surface area (Å²) < 4.78 is 0. The minimum Gasteiger partial charge on any atom is -0.301 e. The Bertz CT molecular complexity index is 317. The minimum absolute atomic E-state index is 0.568. The maximum atomic E-state index is 2.76. The molecule has 0 aromatic rings. The summed E-state index contributed by atoms with van der Waals surface area (Å²) in [6.07, 6.45) is 11.7. The summed E-state index contributed by atoms with van der Waals surface area (Å²) in [4.78, 5) is 2.76. The summed E-state index contributed by atoms with van der Waals surface area (Å²) in [7, 11) is 2.41. The lowest BCUT2D eigenvalue weighted by Crippen LogP contribution is -2.64. The molecule has 2 unspecified atom stereocenters. The molecule has 0 radical (unpaired) electrons. The number of unbranched alkanes of at least 4 members (excludes halogenated alkanes) is 1. The quantitative estimate of drug-likeness (QED) is 0.710. The van der Waals surface area contributed by atoms with E-state index in [4.69, 9.17) is 0 Å². The molecule has 4 rings (SSSR count). The molecule has 18 heavy (non-hydrogen) atoms. The van der Waals surface area contributed by atoms with E-state index in [0.717, 1.165) is 5.92 Å². The average Bonchev–Trinajstić information content (AvgIpc) is 2.20. The van der Waals surface area contributed by atoms with Gasteiger partial charge >= 0.3 is 0 Å². The number of hydrogen-bond donors (Lipinski definition) is 0. The van der Waals surface area contributed by atoms with E-state index in [1.807, 2.05) is 0 Å². The first kappa shape index (κ1) is 13.0. The first-order chi connectivity index (χ1) is 8.39. The van der Waals surface area contributed by atoms with Crippen LogP contribution in [0.5, 0.6) is 0 Å². The second kappa shape index (κ2) is 3.98. The highest BCUT2D eigenvalue weighted by molar-refractivity contribution is 5.14. The second-order valence-corrected chi connectivity index (χ2v) is 8.63. The molecule has 4 fully saturated rings. The molecule has 4 saturated carbocycles. The lowest BCUT2D eigenvalue weighted by atomic mass is 9.42. The third-order valence-corrected chi connectivity index (χ3v) is 6.25. The highest BCUT2D eigenvalue weighted by Gasteiger charge is 2.61. The van der Waals surface area contributed by atoms with Crippen molar-refractivity contribution >= 4 is 0 Å². The predicted octanol–water partition coefficient (Wildman–Crippen LogP) is 4.47. The third kappa shape index (κ3) is 1.94. The van der Waals surface area contributed by atoms with Gasteiger partial charge in [-0.25, -0.2) is 0 Å². The van der Waals surface area contributed by atoms with E-state index in [1.54, 1.807) is 0 Å². The lowest BCUT2D eigenvalue weighted by molar-refractivity contribution is -0.156. The molecule has 4 aliphatic carbocycles. The van der Waals surface area contributed by atoms with Gasteiger partial charge in [-0.3, -0.25) is 0 Å². The summed E-state index contributed by atoms with van der Waals surface area (Å²) in [5.74, 6) is 1.03. The molecule has 0 aromatic heterocycles. The molecule has 2 atom stereocenters. The van der Waals surface area contributed by atoms with E-state index in [9.17, 15) is 0 Å². The van der Waals surface area contributed by atoms with Gasteiger partial charge in [-0.1, -0.05) is 27.2 Å². The van der Waals surface area contributed by atoms with Crippen molar-refractivity contribution in [2.24, 2.45) is 16.7 Å². The smallest absolute Gasteiger partial charge is 0.0219 e. The van der Waals surface area contributed by atoms with Gasteiger partial charge in [0.25, 0.3) is 0 Å². The molecule has 0 aliphatic heterocycles. The van der Waals surface area contributed by atoms with Gasteiger partial charge < -0.3 is 4.90 Å². The van der Waals surface area contributed by atoms with E-state index in [-0.39, 0.29) is 0 Å². The van der Waals surface area contributed by atoms with Gasteiger partial charge in [0.1, 0.15) is 0 Å². The fraction of sp³-hybridized carbons (Fsp3) is 1.00. The van der Waals surface area contributed by atoms with Crippen LogP contribution in [0.3, 0.4) is 0 Å². The molecule has 104 valence electrons. The van der Waals surface area contributed by atoms with Gasteiger partial charge in [-0.05, 0) is 75.3 Å². The minimum atomic E-state index is 0.568. The van der Waals surface area contributed by atoms with Crippen LogP contribution in [0.15, 0.2) is 0 Å². The van der Waals surface area contributed by atoms with Crippen molar-refractivity contribution in [1.29, 1.82) is 0 Å². The zero-order valence-corrected chi connectivity index (χ0v) is 12.9.